The second-order valence-electron chi connectivity index (χ2n) is 4.86. The fourth-order valence-corrected chi connectivity index (χ4v) is 2.36. The average Bonchev–Trinajstić information content (AvgIpc) is 2.33. The van der Waals surface area contributed by atoms with Gasteiger partial charge >= 0.3 is 5.97 Å². The first-order valence-electron chi connectivity index (χ1n) is 6.07. The highest BCUT2D eigenvalue weighted by Gasteiger charge is 2.27. The SMILES string of the molecule is Cc1cc2cc(C(=O)O)cnc2cc1N1CC(F)C1. The van der Waals surface area contributed by atoms with Crippen LogP contribution in [0.5, 0.6) is 0 Å². The van der Waals surface area contributed by atoms with Gasteiger partial charge in [-0.2, -0.15) is 0 Å². The molecule has 0 saturated carbocycles. The number of pyridine rings is 1. The highest BCUT2D eigenvalue weighted by molar-refractivity contribution is 5.93. The zero-order valence-electron chi connectivity index (χ0n) is 10.4. The Labute approximate surface area is 109 Å². The minimum absolute atomic E-state index is 0.174. The fourth-order valence-electron chi connectivity index (χ4n) is 2.36. The number of carboxylic acids is 1. The van der Waals surface area contributed by atoms with Crippen LogP contribution in [-0.4, -0.2) is 35.3 Å². The van der Waals surface area contributed by atoms with Crippen LogP contribution >= 0.6 is 0 Å². The van der Waals surface area contributed by atoms with E-state index in [0.717, 1.165) is 22.2 Å². The maximum atomic E-state index is 12.9. The van der Waals surface area contributed by atoms with Gasteiger partial charge in [0.1, 0.15) is 6.17 Å². The lowest BCUT2D eigenvalue weighted by molar-refractivity contribution is 0.0696. The van der Waals surface area contributed by atoms with Gasteiger partial charge in [-0.25, -0.2) is 9.18 Å². The summed E-state index contributed by atoms with van der Waals surface area (Å²) in [5.74, 6) is -0.987. The Hall–Kier alpha value is -2.17. The number of anilines is 1. The van der Waals surface area contributed by atoms with Crippen LogP contribution < -0.4 is 4.90 Å². The molecule has 1 aromatic carbocycles. The zero-order valence-corrected chi connectivity index (χ0v) is 10.4. The summed E-state index contributed by atoms with van der Waals surface area (Å²) in [6.07, 6.45) is 0.593. The third-order valence-corrected chi connectivity index (χ3v) is 3.42. The lowest BCUT2D eigenvalue weighted by Crippen LogP contribution is -2.48. The summed E-state index contributed by atoms with van der Waals surface area (Å²) in [5, 5.41) is 9.73. The number of fused-ring (bicyclic) bond motifs is 1. The molecular weight excluding hydrogens is 247 g/mol. The van der Waals surface area contributed by atoms with E-state index >= 15 is 0 Å². The van der Waals surface area contributed by atoms with E-state index < -0.39 is 12.1 Å². The van der Waals surface area contributed by atoms with Gasteiger partial charge < -0.3 is 10.0 Å². The number of aromatic carboxylic acids is 1. The van der Waals surface area contributed by atoms with Gasteiger partial charge in [-0.1, -0.05) is 0 Å². The van der Waals surface area contributed by atoms with E-state index in [-0.39, 0.29) is 5.56 Å². The molecular formula is C14H13FN2O2. The Bertz CT molecular complexity index is 666. The van der Waals surface area contributed by atoms with Crippen LogP contribution in [0.15, 0.2) is 24.4 Å². The molecule has 0 radical (unpaired) electrons. The molecule has 98 valence electrons. The van der Waals surface area contributed by atoms with Crippen molar-refractivity contribution in [2.75, 3.05) is 18.0 Å². The van der Waals surface area contributed by atoms with E-state index in [1.165, 1.54) is 6.20 Å². The van der Waals surface area contributed by atoms with Gasteiger partial charge in [0.25, 0.3) is 0 Å². The Balaban J connectivity index is 2.06. The van der Waals surface area contributed by atoms with Crippen LogP contribution in [0.2, 0.25) is 0 Å². The molecule has 2 heterocycles. The molecule has 0 spiro atoms. The van der Waals surface area contributed by atoms with Gasteiger partial charge in [0.05, 0.1) is 24.2 Å². The van der Waals surface area contributed by atoms with E-state index in [4.69, 9.17) is 5.11 Å². The molecule has 0 unspecified atom stereocenters. The Morgan fingerprint density at radius 3 is 2.79 bits per heavy atom. The molecule has 0 atom stereocenters. The van der Waals surface area contributed by atoms with E-state index in [1.807, 2.05) is 24.0 Å². The number of aryl methyl sites for hydroxylation is 1. The number of rotatable bonds is 2. The summed E-state index contributed by atoms with van der Waals surface area (Å²) < 4.78 is 12.9. The van der Waals surface area contributed by atoms with Crippen LogP contribution in [-0.2, 0) is 0 Å². The van der Waals surface area contributed by atoms with Crippen molar-refractivity contribution in [3.8, 4) is 0 Å². The summed E-state index contributed by atoms with van der Waals surface area (Å²) >= 11 is 0. The van der Waals surface area contributed by atoms with E-state index in [1.54, 1.807) is 6.07 Å². The number of benzene rings is 1. The Morgan fingerprint density at radius 2 is 2.16 bits per heavy atom. The van der Waals surface area contributed by atoms with Gasteiger partial charge in [-0.05, 0) is 30.7 Å². The highest BCUT2D eigenvalue weighted by atomic mass is 19.1. The highest BCUT2D eigenvalue weighted by Crippen LogP contribution is 2.29. The predicted molar refractivity (Wildman–Crippen MR) is 70.5 cm³/mol. The quantitative estimate of drug-likeness (QED) is 0.900. The second kappa shape index (κ2) is 4.19. The van der Waals surface area contributed by atoms with Crippen LogP contribution in [0.3, 0.4) is 0 Å². The van der Waals surface area contributed by atoms with Crippen molar-refractivity contribution in [2.45, 2.75) is 13.1 Å². The number of hydrogen-bond acceptors (Lipinski definition) is 3. The molecule has 2 aromatic rings. The molecule has 1 aromatic heterocycles. The van der Waals surface area contributed by atoms with E-state index in [2.05, 4.69) is 4.98 Å². The molecule has 5 heteroatoms. The van der Waals surface area contributed by atoms with Gasteiger partial charge in [-0.15, -0.1) is 0 Å². The summed E-state index contributed by atoms with van der Waals surface area (Å²) in [5.41, 5.74) is 2.88. The number of halogens is 1. The minimum atomic E-state index is -0.987. The van der Waals surface area contributed by atoms with Crippen molar-refractivity contribution in [2.24, 2.45) is 0 Å². The molecule has 1 aliphatic rings. The first kappa shape index (κ1) is 11.9. The Morgan fingerprint density at radius 1 is 1.42 bits per heavy atom. The normalized spacial score (nSPS) is 15.6. The number of hydrogen-bond donors (Lipinski definition) is 1. The van der Waals surface area contributed by atoms with Crippen LogP contribution in [0.1, 0.15) is 15.9 Å². The van der Waals surface area contributed by atoms with Gasteiger partial charge in [-0.3, -0.25) is 4.98 Å². The summed E-state index contributed by atoms with van der Waals surface area (Å²) in [4.78, 5) is 17.0. The van der Waals surface area contributed by atoms with Crippen molar-refractivity contribution in [3.05, 3.63) is 35.5 Å². The van der Waals surface area contributed by atoms with Crippen molar-refractivity contribution in [1.29, 1.82) is 0 Å². The number of nitrogens with zero attached hydrogens (tertiary/aromatic N) is 2. The third-order valence-electron chi connectivity index (χ3n) is 3.42. The zero-order chi connectivity index (χ0) is 13.6. The lowest BCUT2D eigenvalue weighted by Gasteiger charge is -2.37. The Kier molecular flexibility index (Phi) is 2.62. The monoisotopic (exact) mass is 260 g/mol. The molecule has 0 aliphatic carbocycles. The van der Waals surface area contributed by atoms with Crippen LogP contribution in [0, 0.1) is 6.92 Å². The predicted octanol–water partition coefficient (Wildman–Crippen LogP) is 2.40. The largest absolute Gasteiger partial charge is 0.478 e. The van der Waals surface area contributed by atoms with Crippen LogP contribution in [0.4, 0.5) is 10.1 Å². The molecule has 3 rings (SSSR count). The first-order valence-corrected chi connectivity index (χ1v) is 6.07. The molecule has 4 nitrogen and oxygen atoms in total. The third kappa shape index (κ3) is 2.01. The first-order chi connectivity index (χ1) is 9.04. The molecule has 1 aliphatic heterocycles. The second-order valence-corrected chi connectivity index (χ2v) is 4.86. The number of carbonyl (C=O) groups is 1. The van der Waals surface area contributed by atoms with Crippen molar-refractivity contribution in [3.63, 3.8) is 0 Å². The maximum Gasteiger partial charge on any atom is 0.337 e. The molecule has 0 bridgehead atoms. The maximum absolute atomic E-state index is 12.9. The lowest BCUT2D eigenvalue weighted by atomic mass is 10.0. The van der Waals surface area contributed by atoms with Crippen LogP contribution in [0.25, 0.3) is 10.9 Å². The number of aromatic nitrogens is 1. The minimum Gasteiger partial charge on any atom is -0.478 e. The molecule has 1 fully saturated rings. The molecule has 1 saturated heterocycles. The smallest absolute Gasteiger partial charge is 0.337 e. The molecule has 0 amide bonds. The summed E-state index contributed by atoms with van der Waals surface area (Å²) in [7, 11) is 0. The number of carboxylic acid groups (broad SMARTS) is 1. The number of alkyl halides is 1. The van der Waals surface area contributed by atoms with Gasteiger partial charge in [0, 0.05) is 17.3 Å². The standard InChI is InChI=1S/C14H13FN2O2/c1-8-2-9-3-10(14(18)19)5-16-12(9)4-13(8)17-6-11(15)7-17/h2-5,11H,6-7H2,1H3,(H,18,19). The average molecular weight is 260 g/mol. The molecule has 1 N–H and O–H groups in total. The van der Waals surface area contributed by atoms with Crippen molar-refractivity contribution >= 4 is 22.6 Å². The van der Waals surface area contributed by atoms with Gasteiger partial charge in [0.15, 0.2) is 0 Å². The summed E-state index contributed by atoms with van der Waals surface area (Å²) in [6.45, 7) is 2.77. The van der Waals surface area contributed by atoms with E-state index in [0.29, 0.717) is 13.1 Å². The van der Waals surface area contributed by atoms with Gasteiger partial charge in [0.2, 0.25) is 0 Å². The summed E-state index contributed by atoms with van der Waals surface area (Å²) in [6, 6.07) is 5.40. The molecule has 19 heavy (non-hydrogen) atoms. The van der Waals surface area contributed by atoms with Crippen molar-refractivity contribution in [1.82, 2.24) is 4.98 Å². The fraction of sp³-hybridized carbons (Fsp3) is 0.286. The topological polar surface area (TPSA) is 53.4 Å². The van der Waals surface area contributed by atoms with E-state index in [9.17, 15) is 9.18 Å². The van der Waals surface area contributed by atoms with Crippen molar-refractivity contribution < 1.29 is 14.3 Å².